The van der Waals surface area contributed by atoms with Crippen LogP contribution >= 0.6 is 11.3 Å². The van der Waals surface area contributed by atoms with Crippen molar-refractivity contribution in [2.75, 3.05) is 36.9 Å². The van der Waals surface area contributed by atoms with E-state index in [1.165, 1.54) is 4.68 Å². The third kappa shape index (κ3) is 4.88. The van der Waals surface area contributed by atoms with E-state index in [2.05, 4.69) is 20.3 Å². The summed E-state index contributed by atoms with van der Waals surface area (Å²) >= 11 is 0.668. The predicted molar refractivity (Wildman–Crippen MR) is 169 cm³/mol. The van der Waals surface area contributed by atoms with Crippen molar-refractivity contribution in [3.05, 3.63) is 52.3 Å². The van der Waals surface area contributed by atoms with Gasteiger partial charge in [0.2, 0.25) is 0 Å². The first kappa shape index (κ1) is 32.0. The maximum Gasteiger partial charge on any atom is 0.417 e. The van der Waals surface area contributed by atoms with Gasteiger partial charge in [0.25, 0.3) is 0 Å². The Morgan fingerprint density at radius 2 is 1.94 bits per heavy atom. The number of thiophene rings is 1. The van der Waals surface area contributed by atoms with Crippen molar-refractivity contribution in [3.63, 3.8) is 0 Å². The number of hydrogen-bond donors (Lipinski definition) is 1. The monoisotopic (exact) mass is 710 g/mol. The molecule has 3 aromatic heterocycles. The van der Waals surface area contributed by atoms with E-state index >= 15 is 4.39 Å². The molecule has 2 unspecified atom stereocenters. The van der Waals surface area contributed by atoms with Crippen LogP contribution in [0.2, 0.25) is 0 Å². The van der Waals surface area contributed by atoms with E-state index in [1.807, 2.05) is 17.0 Å². The highest BCUT2D eigenvalue weighted by Gasteiger charge is 2.49. The number of halogens is 6. The van der Waals surface area contributed by atoms with Crippen LogP contribution in [0.5, 0.6) is 6.01 Å². The number of nitrogen functional groups attached to an aromatic ring is 1. The molecule has 3 aliphatic heterocycles. The van der Waals surface area contributed by atoms with Gasteiger partial charge in [0.15, 0.2) is 11.5 Å². The number of nitrogens with zero attached hydrogens (tertiary/aromatic N) is 9. The average Bonchev–Trinajstić information content (AvgIpc) is 3.83. The molecule has 6 heterocycles. The van der Waals surface area contributed by atoms with E-state index in [1.54, 1.807) is 4.90 Å². The molecule has 2 saturated heterocycles. The van der Waals surface area contributed by atoms with Gasteiger partial charge in [-0.3, -0.25) is 4.90 Å². The van der Waals surface area contributed by atoms with Gasteiger partial charge in [0.1, 0.15) is 47.1 Å². The molecule has 2 fully saturated rings. The highest BCUT2D eigenvalue weighted by Crippen LogP contribution is 2.48. The van der Waals surface area contributed by atoms with E-state index in [0.717, 1.165) is 24.6 Å². The Balaban J connectivity index is 1.35. The molecule has 0 amide bonds. The molecule has 0 spiro atoms. The minimum absolute atomic E-state index is 0.0140. The van der Waals surface area contributed by atoms with Gasteiger partial charge < -0.3 is 15.4 Å². The summed E-state index contributed by atoms with van der Waals surface area (Å²) in [6, 6.07) is 6.00. The van der Waals surface area contributed by atoms with E-state index in [9.17, 15) is 32.5 Å². The van der Waals surface area contributed by atoms with Crippen molar-refractivity contribution >= 4 is 43.1 Å². The molecule has 0 saturated carbocycles. The number of alkyl halides is 4. The number of nitrogens with two attached hydrogens (primary N) is 1. The highest BCUT2D eigenvalue weighted by molar-refractivity contribution is 7.23. The number of anilines is 2. The number of hydrogen-bond acceptors (Lipinski definition) is 11. The first-order valence-corrected chi connectivity index (χ1v) is 16.4. The summed E-state index contributed by atoms with van der Waals surface area (Å²) in [6.07, 6.45) is -4.52. The largest absolute Gasteiger partial charge is 0.461 e. The van der Waals surface area contributed by atoms with Crippen LogP contribution < -0.4 is 15.4 Å². The topological polar surface area (TPSA) is 146 Å². The number of aromatic nitrogens is 5. The summed E-state index contributed by atoms with van der Waals surface area (Å²) in [4.78, 5) is 12.3. The van der Waals surface area contributed by atoms with Gasteiger partial charge >= 0.3 is 12.2 Å². The van der Waals surface area contributed by atoms with Crippen LogP contribution in [-0.2, 0) is 19.3 Å². The zero-order chi connectivity index (χ0) is 35.1. The van der Waals surface area contributed by atoms with Crippen molar-refractivity contribution in [1.29, 1.82) is 10.5 Å². The zero-order valence-electron chi connectivity index (χ0n) is 25.9. The molecule has 2 N–H and O–H groups in total. The lowest BCUT2D eigenvalue weighted by molar-refractivity contribution is -0.137. The van der Waals surface area contributed by atoms with Crippen LogP contribution in [0.1, 0.15) is 41.8 Å². The van der Waals surface area contributed by atoms with Gasteiger partial charge in [-0.1, -0.05) is 11.3 Å². The molecule has 50 heavy (non-hydrogen) atoms. The van der Waals surface area contributed by atoms with Gasteiger partial charge in [-0.25, -0.2) is 17.9 Å². The van der Waals surface area contributed by atoms with E-state index in [0.29, 0.717) is 30.0 Å². The average molecular weight is 711 g/mol. The number of benzene rings is 2. The molecular formula is C32H24F6N10OS. The second-order valence-electron chi connectivity index (χ2n) is 12.6. The van der Waals surface area contributed by atoms with Crippen LogP contribution in [0.4, 0.5) is 37.2 Å². The lowest BCUT2D eigenvalue weighted by atomic mass is 9.92. The van der Waals surface area contributed by atoms with Crippen molar-refractivity contribution in [2.45, 2.75) is 50.2 Å². The lowest BCUT2D eigenvalue weighted by Gasteiger charge is -2.32. The van der Waals surface area contributed by atoms with E-state index in [4.69, 9.17) is 10.5 Å². The number of nitriles is 2. The number of rotatable bonds is 5. The lowest BCUT2D eigenvalue weighted by Crippen LogP contribution is -2.43. The van der Waals surface area contributed by atoms with Crippen molar-refractivity contribution in [1.82, 2.24) is 29.9 Å². The maximum absolute atomic E-state index is 17.1. The Bertz CT molecular complexity index is 2310. The number of fused-ring (bicyclic) bond motifs is 4. The molecule has 256 valence electrons. The van der Waals surface area contributed by atoms with Crippen molar-refractivity contribution < 1.29 is 31.1 Å². The SMILES string of the molecule is N#Cc1nnn2c1CN(c1nc(OCC34CCCN3CC(F)C4)nc3c(F)c(-c4ccc(F)c5sc(N)c(C#N)c45)c(C(F)(F)F)cc13)CC2. The Labute approximate surface area is 283 Å². The Kier molecular flexibility index (Phi) is 7.32. The minimum Gasteiger partial charge on any atom is -0.461 e. The Hall–Kier alpha value is -5.20. The van der Waals surface area contributed by atoms with Crippen LogP contribution in [-0.4, -0.2) is 67.8 Å². The third-order valence-electron chi connectivity index (χ3n) is 9.79. The Morgan fingerprint density at radius 3 is 2.70 bits per heavy atom. The molecule has 3 aliphatic rings. The standard InChI is InChI=1S/C32H24F6N10OS/c33-15-9-31(4-1-5-47(31)12-15)14-49-30-42-26-17(29(43-30)46-6-7-48-22(13-46)21(11-40)44-45-48)8-19(32(36,37)38)24(25(26)35)16-2-3-20(34)27-23(16)18(10-39)28(41)50-27/h2-3,8,15H,1,4-7,9,12-14,41H2. The molecule has 2 atom stereocenters. The smallest absolute Gasteiger partial charge is 0.417 e. The van der Waals surface area contributed by atoms with Gasteiger partial charge in [0.05, 0.1) is 40.1 Å². The maximum atomic E-state index is 17.1. The fourth-order valence-electron chi connectivity index (χ4n) is 7.55. The molecule has 8 rings (SSSR count). The summed E-state index contributed by atoms with van der Waals surface area (Å²) in [5, 5.41) is 26.5. The molecule has 0 bridgehead atoms. The number of ether oxygens (including phenoxy) is 1. The van der Waals surface area contributed by atoms with Gasteiger partial charge in [-0.05, 0) is 37.1 Å². The first-order chi connectivity index (χ1) is 23.9. The summed E-state index contributed by atoms with van der Waals surface area (Å²) in [6.45, 7) is 1.17. The molecule has 11 nitrogen and oxygen atoms in total. The minimum atomic E-state index is -5.14. The molecule has 18 heteroatoms. The molecule has 0 radical (unpaired) electrons. The second-order valence-corrected chi connectivity index (χ2v) is 13.6. The quantitative estimate of drug-likeness (QED) is 0.226. The zero-order valence-corrected chi connectivity index (χ0v) is 26.7. The molecule has 0 aliphatic carbocycles. The summed E-state index contributed by atoms with van der Waals surface area (Å²) in [5.74, 6) is -2.35. The molecule has 2 aromatic carbocycles. The van der Waals surface area contributed by atoms with Crippen LogP contribution in [0.15, 0.2) is 18.2 Å². The molecular weight excluding hydrogens is 686 g/mol. The van der Waals surface area contributed by atoms with Gasteiger partial charge in [-0.2, -0.15) is 33.7 Å². The van der Waals surface area contributed by atoms with Crippen LogP contribution in [0.25, 0.3) is 32.1 Å². The summed E-state index contributed by atoms with van der Waals surface area (Å²) in [5.41, 5.74) is 2.13. The Morgan fingerprint density at radius 1 is 1.12 bits per heavy atom. The van der Waals surface area contributed by atoms with Gasteiger partial charge in [-0.15, -0.1) is 16.4 Å². The highest BCUT2D eigenvalue weighted by atomic mass is 32.1. The third-order valence-corrected chi connectivity index (χ3v) is 10.8. The van der Waals surface area contributed by atoms with Crippen LogP contribution in [0.3, 0.4) is 0 Å². The summed E-state index contributed by atoms with van der Waals surface area (Å²) < 4.78 is 98.7. The summed E-state index contributed by atoms with van der Waals surface area (Å²) in [7, 11) is 0. The van der Waals surface area contributed by atoms with Gasteiger partial charge in [0, 0.05) is 35.8 Å². The first-order valence-electron chi connectivity index (χ1n) is 15.5. The normalized spacial score (nSPS) is 20.6. The van der Waals surface area contributed by atoms with Crippen molar-refractivity contribution in [3.8, 4) is 29.3 Å². The molecule has 5 aromatic rings. The van der Waals surface area contributed by atoms with Crippen molar-refractivity contribution in [2.24, 2.45) is 0 Å². The fourth-order valence-corrected chi connectivity index (χ4v) is 8.50. The second kappa shape index (κ2) is 11.4. The van der Waals surface area contributed by atoms with E-state index in [-0.39, 0.29) is 82.8 Å². The predicted octanol–water partition coefficient (Wildman–Crippen LogP) is 5.70. The fraction of sp³-hybridized carbons (Fsp3) is 0.375. The van der Waals surface area contributed by atoms with E-state index < -0.39 is 51.7 Å². The van der Waals surface area contributed by atoms with Crippen LogP contribution in [0, 0.1) is 34.3 Å².